The minimum atomic E-state index is 0.664. The molecule has 3 heteroatoms. The van der Waals surface area contributed by atoms with Crippen molar-refractivity contribution in [1.82, 2.24) is 0 Å². The van der Waals surface area contributed by atoms with Gasteiger partial charge in [-0.25, -0.2) is 0 Å². The minimum Gasteiger partial charge on any atom is -0.460 e. The molecule has 0 radical (unpaired) electrons. The van der Waals surface area contributed by atoms with Crippen molar-refractivity contribution in [3.63, 3.8) is 0 Å². The number of halogens is 2. The Morgan fingerprint density at radius 3 is 2.86 bits per heavy atom. The molecule has 0 bridgehead atoms. The van der Waals surface area contributed by atoms with Gasteiger partial charge in [0.25, 0.3) is 0 Å². The van der Waals surface area contributed by atoms with Crippen molar-refractivity contribution >= 4 is 38.5 Å². The van der Waals surface area contributed by atoms with Crippen molar-refractivity contribution in [2.75, 3.05) is 0 Å². The molecule has 1 aromatic carbocycles. The van der Waals surface area contributed by atoms with Crippen LogP contribution < -0.4 is 0 Å². The van der Waals surface area contributed by atoms with Crippen molar-refractivity contribution in [3.8, 4) is 0 Å². The Labute approximate surface area is 96.2 Å². The monoisotopic (exact) mass is 272 g/mol. The number of aryl methyl sites for hydroxylation is 1. The highest BCUT2D eigenvalue weighted by Crippen LogP contribution is 2.30. The molecule has 0 N–H and O–H groups in total. The van der Waals surface area contributed by atoms with Crippen LogP contribution in [0.2, 0.25) is 5.02 Å². The second-order valence-corrected chi connectivity index (χ2v) is 4.59. The summed E-state index contributed by atoms with van der Waals surface area (Å²) in [5.74, 6) is 1.00. The molecule has 0 aliphatic heterocycles. The Bertz CT molecular complexity index is 462. The SMILES string of the molecule is CCCc1cc2cc(Br)cc(Cl)c2o1. The molecule has 0 amide bonds. The van der Waals surface area contributed by atoms with E-state index >= 15 is 0 Å². The molecular weight excluding hydrogens is 263 g/mol. The normalized spacial score (nSPS) is 11.1. The second kappa shape index (κ2) is 3.95. The Kier molecular flexibility index (Phi) is 2.84. The average molecular weight is 274 g/mol. The molecule has 2 aromatic rings. The van der Waals surface area contributed by atoms with Crippen LogP contribution in [0.25, 0.3) is 11.0 Å². The van der Waals surface area contributed by atoms with Gasteiger partial charge < -0.3 is 4.42 Å². The minimum absolute atomic E-state index is 0.664. The molecule has 0 unspecified atom stereocenters. The zero-order chi connectivity index (χ0) is 10.1. The van der Waals surface area contributed by atoms with Gasteiger partial charge in [-0.1, -0.05) is 34.5 Å². The highest BCUT2D eigenvalue weighted by molar-refractivity contribution is 9.10. The highest BCUT2D eigenvalue weighted by atomic mass is 79.9. The first kappa shape index (κ1) is 10.1. The third-order valence-corrected chi connectivity index (χ3v) is 2.82. The predicted molar refractivity (Wildman–Crippen MR) is 62.9 cm³/mol. The van der Waals surface area contributed by atoms with Gasteiger partial charge in [-0.05, 0) is 24.6 Å². The van der Waals surface area contributed by atoms with Crippen molar-refractivity contribution in [2.45, 2.75) is 19.8 Å². The van der Waals surface area contributed by atoms with Crippen LogP contribution in [0.15, 0.2) is 27.1 Å². The third-order valence-electron chi connectivity index (χ3n) is 2.08. The van der Waals surface area contributed by atoms with Crippen LogP contribution in [-0.2, 0) is 6.42 Å². The molecule has 1 nitrogen and oxygen atoms in total. The molecule has 0 saturated carbocycles. The second-order valence-electron chi connectivity index (χ2n) is 3.27. The van der Waals surface area contributed by atoms with E-state index in [1.807, 2.05) is 12.1 Å². The van der Waals surface area contributed by atoms with E-state index in [0.29, 0.717) is 5.02 Å². The lowest BCUT2D eigenvalue weighted by atomic mass is 10.2. The van der Waals surface area contributed by atoms with Crippen molar-refractivity contribution in [1.29, 1.82) is 0 Å². The maximum atomic E-state index is 6.05. The van der Waals surface area contributed by atoms with Gasteiger partial charge in [-0.2, -0.15) is 0 Å². The van der Waals surface area contributed by atoms with E-state index < -0.39 is 0 Å². The summed E-state index contributed by atoms with van der Waals surface area (Å²) in [6, 6.07) is 5.92. The van der Waals surface area contributed by atoms with Gasteiger partial charge in [0.1, 0.15) is 5.76 Å². The van der Waals surface area contributed by atoms with Crippen LogP contribution >= 0.6 is 27.5 Å². The maximum Gasteiger partial charge on any atom is 0.152 e. The summed E-state index contributed by atoms with van der Waals surface area (Å²) < 4.78 is 6.63. The first-order valence-corrected chi connectivity index (χ1v) is 5.75. The fourth-order valence-corrected chi connectivity index (χ4v) is 2.37. The first-order chi connectivity index (χ1) is 6.70. The van der Waals surface area contributed by atoms with Crippen molar-refractivity contribution in [3.05, 3.63) is 33.5 Å². The van der Waals surface area contributed by atoms with Crippen LogP contribution in [0.4, 0.5) is 0 Å². The largest absolute Gasteiger partial charge is 0.460 e. The van der Waals surface area contributed by atoms with E-state index in [9.17, 15) is 0 Å². The van der Waals surface area contributed by atoms with Crippen LogP contribution in [-0.4, -0.2) is 0 Å². The summed E-state index contributed by atoms with van der Waals surface area (Å²) in [6.45, 7) is 2.13. The van der Waals surface area contributed by atoms with Gasteiger partial charge in [-0.3, -0.25) is 0 Å². The maximum absolute atomic E-state index is 6.05. The summed E-state index contributed by atoms with van der Waals surface area (Å²) in [5, 5.41) is 1.73. The zero-order valence-electron chi connectivity index (χ0n) is 7.81. The number of hydrogen-bond donors (Lipinski definition) is 0. The number of fused-ring (bicyclic) bond motifs is 1. The van der Waals surface area contributed by atoms with Crippen molar-refractivity contribution in [2.24, 2.45) is 0 Å². The first-order valence-electron chi connectivity index (χ1n) is 4.58. The van der Waals surface area contributed by atoms with Crippen LogP contribution in [0.1, 0.15) is 19.1 Å². The van der Waals surface area contributed by atoms with Crippen molar-refractivity contribution < 1.29 is 4.42 Å². The van der Waals surface area contributed by atoms with Gasteiger partial charge in [0, 0.05) is 16.3 Å². The summed E-state index contributed by atoms with van der Waals surface area (Å²) >= 11 is 9.46. The van der Waals surface area contributed by atoms with E-state index in [1.54, 1.807) is 0 Å². The van der Waals surface area contributed by atoms with Gasteiger partial charge in [0.2, 0.25) is 0 Å². The van der Waals surface area contributed by atoms with E-state index in [2.05, 4.69) is 28.9 Å². The van der Waals surface area contributed by atoms with Gasteiger partial charge in [0.05, 0.1) is 5.02 Å². The van der Waals surface area contributed by atoms with E-state index in [4.69, 9.17) is 16.0 Å². The molecule has 1 aromatic heterocycles. The summed E-state index contributed by atoms with van der Waals surface area (Å²) in [5.41, 5.74) is 0.790. The Balaban J connectivity index is 2.58. The predicted octanol–water partition coefficient (Wildman–Crippen LogP) is 4.80. The molecule has 0 aliphatic carbocycles. The fourth-order valence-electron chi connectivity index (χ4n) is 1.50. The quantitative estimate of drug-likeness (QED) is 0.766. The number of hydrogen-bond acceptors (Lipinski definition) is 1. The molecule has 2 rings (SSSR count). The zero-order valence-corrected chi connectivity index (χ0v) is 10.2. The average Bonchev–Trinajstić information content (AvgIpc) is 2.48. The number of rotatable bonds is 2. The van der Waals surface area contributed by atoms with Gasteiger partial charge in [0.15, 0.2) is 5.58 Å². The van der Waals surface area contributed by atoms with E-state index in [-0.39, 0.29) is 0 Å². The number of furan rings is 1. The number of benzene rings is 1. The molecular formula is C11H10BrClO. The molecule has 1 heterocycles. The lowest BCUT2D eigenvalue weighted by Crippen LogP contribution is -1.74. The molecule has 0 aliphatic rings. The molecule has 0 atom stereocenters. The Morgan fingerprint density at radius 1 is 1.36 bits per heavy atom. The van der Waals surface area contributed by atoms with Gasteiger partial charge in [-0.15, -0.1) is 0 Å². The fraction of sp³-hybridized carbons (Fsp3) is 0.273. The Hall–Kier alpha value is -0.470. The summed E-state index contributed by atoms with van der Waals surface area (Å²) in [4.78, 5) is 0. The molecule has 14 heavy (non-hydrogen) atoms. The summed E-state index contributed by atoms with van der Waals surface area (Å²) in [6.07, 6.45) is 2.04. The smallest absolute Gasteiger partial charge is 0.152 e. The third kappa shape index (κ3) is 1.82. The van der Waals surface area contributed by atoms with E-state index in [1.165, 1.54) is 0 Å². The molecule has 0 saturated heterocycles. The Morgan fingerprint density at radius 2 is 2.14 bits per heavy atom. The van der Waals surface area contributed by atoms with Crippen LogP contribution in [0, 0.1) is 0 Å². The topological polar surface area (TPSA) is 13.1 Å². The van der Waals surface area contributed by atoms with Crippen LogP contribution in [0.5, 0.6) is 0 Å². The van der Waals surface area contributed by atoms with Crippen LogP contribution in [0.3, 0.4) is 0 Å². The standard InChI is InChI=1S/C11H10BrClO/c1-2-3-9-5-7-4-8(12)6-10(13)11(7)14-9/h4-6H,2-3H2,1H3. The molecule has 0 spiro atoms. The molecule has 0 fully saturated rings. The molecule has 74 valence electrons. The lowest BCUT2D eigenvalue weighted by Gasteiger charge is -1.93. The van der Waals surface area contributed by atoms with Gasteiger partial charge >= 0.3 is 0 Å². The summed E-state index contributed by atoms with van der Waals surface area (Å²) in [7, 11) is 0. The lowest BCUT2D eigenvalue weighted by molar-refractivity contribution is 0.545. The highest BCUT2D eigenvalue weighted by Gasteiger charge is 2.07. The van der Waals surface area contributed by atoms with E-state index in [0.717, 1.165) is 34.0 Å².